The van der Waals surface area contributed by atoms with Gasteiger partial charge in [0.1, 0.15) is 23.7 Å². The van der Waals surface area contributed by atoms with Crippen LogP contribution in [0.1, 0.15) is 21.6 Å². The lowest BCUT2D eigenvalue weighted by atomic mass is 10.2. The molecule has 29 heavy (non-hydrogen) atoms. The van der Waals surface area contributed by atoms with E-state index < -0.39 is 5.91 Å². The minimum Gasteiger partial charge on any atom is -0.497 e. The number of carbonyl (C=O) groups excluding carboxylic acids is 1. The van der Waals surface area contributed by atoms with Crippen LogP contribution < -0.4 is 19.9 Å². The van der Waals surface area contributed by atoms with Crippen molar-refractivity contribution in [2.45, 2.75) is 13.5 Å². The van der Waals surface area contributed by atoms with Crippen molar-refractivity contribution in [3.63, 3.8) is 0 Å². The van der Waals surface area contributed by atoms with Gasteiger partial charge in [0, 0.05) is 13.1 Å². The molecule has 0 saturated heterocycles. The maximum atomic E-state index is 11.8. The van der Waals surface area contributed by atoms with Crippen LogP contribution >= 0.6 is 23.2 Å². The van der Waals surface area contributed by atoms with E-state index in [1.54, 1.807) is 27.1 Å². The number of methoxy groups -OCH3 is 1. The molecule has 152 valence electrons. The molecule has 0 bridgehead atoms. The third-order valence-electron chi connectivity index (χ3n) is 4.16. The molecule has 0 unspecified atom stereocenters. The van der Waals surface area contributed by atoms with E-state index in [1.807, 2.05) is 24.3 Å². The monoisotopic (exact) mass is 435 g/mol. The molecule has 7 nitrogen and oxygen atoms in total. The summed E-state index contributed by atoms with van der Waals surface area (Å²) in [5, 5.41) is 4.75. The van der Waals surface area contributed by atoms with Gasteiger partial charge in [-0.2, -0.15) is 5.10 Å². The number of benzene rings is 2. The fraction of sp³-hybridized carbons (Fsp3) is 0.200. The van der Waals surface area contributed by atoms with Crippen molar-refractivity contribution in [1.29, 1.82) is 0 Å². The molecule has 3 aromatic rings. The molecule has 1 heterocycles. The van der Waals surface area contributed by atoms with Crippen LogP contribution in [0.5, 0.6) is 23.1 Å². The summed E-state index contributed by atoms with van der Waals surface area (Å²) < 4.78 is 18.2. The van der Waals surface area contributed by atoms with Crippen molar-refractivity contribution < 1.29 is 19.0 Å². The number of nitrogens with zero attached hydrogens (tertiary/aromatic N) is 2. The Morgan fingerprint density at radius 1 is 1.14 bits per heavy atom. The van der Waals surface area contributed by atoms with E-state index >= 15 is 0 Å². The number of ether oxygens (including phenoxy) is 3. The standard InChI is InChI=1S/C20H19Cl2N3O4/c1-11-18(19(23)26)20(25(2)24-11)29-17-9-16(14(21)8-15(17)22)28-10-12-4-6-13(27-3)7-5-12/h4-9H,10H2,1-3H3,(H2,23,26). The number of amides is 1. The second-order valence-electron chi connectivity index (χ2n) is 6.21. The highest BCUT2D eigenvalue weighted by molar-refractivity contribution is 6.36. The minimum absolute atomic E-state index is 0.180. The van der Waals surface area contributed by atoms with E-state index in [1.165, 1.54) is 10.7 Å². The predicted molar refractivity (Wildman–Crippen MR) is 110 cm³/mol. The van der Waals surface area contributed by atoms with Gasteiger partial charge in [-0.25, -0.2) is 4.68 Å². The average Bonchev–Trinajstić information content (AvgIpc) is 2.96. The number of nitrogens with two attached hydrogens (primary N) is 1. The van der Waals surface area contributed by atoms with Crippen LogP contribution in [-0.4, -0.2) is 22.8 Å². The predicted octanol–water partition coefficient (Wildman–Crippen LogP) is 4.51. The SMILES string of the molecule is COc1ccc(COc2cc(Oc3c(C(N)=O)c(C)nn3C)c(Cl)cc2Cl)cc1. The van der Waals surface area contributed by atoms with Gasteiger partial charge in [-0.3, -0.25) is 4.79 Å². The van der Waals surface area contributed by atoms with Crippen LogP contribution in [0.25, 0.3) is 0 Å². The minimum atomic E-state index is -0.647. The Labute approximate surface area is 177 Å². The Balaban J connectivity index is 1.85. The normalized spacial score (nSPS) is 10.7. The van der Waals surface area contributed by atoms with Crippen molar-refractivity contribution in [2.75, 3.05) is 7.11 Å². The summed E-state index contributed by atoms with van der Waals surface area (Å²) >= 11 is 12.5. The molecule has 1 amide bonds. The summed E-state index contributed by atoms with van der Waals surface area (Å²) in [5.74, 6) is 0.922. The summed E-state index contributed by atoms with van der Waals surface area (Å²) in [4.78, 5) is 11.8. The van der Waals surface area contributed by atoms with Gasteiger partial charge in [-0.1, -0.05) is 35.3 Å². The van der Waals surface area contributed by atoms with Gasteiger partial charge in [-0.05, 0) is 30.7 Å². The lowest BCUT2D eigenvalue weighted by molar-refractivity contribution is 0.0997. The average molecular weight is 436 g/mol. The van der Waals surface area contributed by atoms with Crippen LogP contribution in [0.3, 0.4) is 0 Å². The molecule has 9 heteroatoms. The molecule has 0 fully saturated rings. The topological polar surface area (TPSA) is 88.6 Å². The molecule has 0 atom stereocenters. The molecule has 0 saturated carbocycles. The highest BCUT2D eigenvalue weighted by Gasteiger charge is 2.22. The highest BCUT2D eigenvalue weighted by atomic mass is 35.5. The van der Waals surface area contributed by atoms with Crippen LogP contribution in [-0.2, 0) is 13.7 Å². The van der Waals surface area contributed by atoms with E-state index in [4.69, 9.17) is 43.1 Å². The number of halogens is 2. The fourth-order valence-corrected chi connectivity index (χ4v) is 3.20. The Hall–Kier alpha value is -2.90. The Bertz CT molecular complexity index is 1050. The molecule has 3 rings (SSSR count). The fourth-order valence-electron chi connectivity index (χ4n) is 2.72. The van der Waals surface area contributed by atoms with Gasteiger partial charge >= 0.3 is 0 Å². The smallest absolute Gasteiger partial charge is 0.256 e. The van der Waals surface area contributed by atoms with Crippen LogP contribution in [0, 0.1) is 6.92 Å². The molecule has 2 N–H and O–H groups in total. The second-order valence-corrected chi connectivity index (χ2v) is 7.02. The Morgan fingerprint density at radius 3 is 2.41 bits per heavy atom. The van der Waals surface area contributed by atoms with Gasteiger partial charge in [0.05, 0.1) is 22.8 Å². The first kappa shape index (κ1) is 20.8. The van der Waals surface area contributed by atoms with Gasteiger partial charge in [0.25, 0.3) is 5.91 Å². The zero-order valence-corrected chi connectivity index (χ0v) is 17.5. The first-order valence-corrected chi connectivity index (χ1v) is 9.31. The number of hydrogen-bond donors (Lipinski definition) is 1. The zero-order valence-electron chi connectivity index (χ0n) is 16.0. The lowest BCUT2D eigenvalue weighted by Gasteiger charge is -2.13. The van der Waals surface area contributed by atoms with Crippen molar-refractivity contribution in [3.8, 4) is 23.1 Å². The molecule has 0 aliphatic rings. The molecule has 2 aromatic carbocycles. The van der Waals surface area contributed by atoms with Crippen molar-refractivity contribution in [2.24, 2.45) is 12.8 Å². The molecular weight excluding hydrogens is 417 g/mol. The van der Waals surface area contributed by atoms with Crippen LogP contribution in [0.15, 0.2) is 36.4 Å². The summed E-state index contributed by atoms with van der Waals surface area (Å²) in [7, 11) is 3.24. The third kappa shape index (κ3) is 4.58. The Morgan fingerprint density at radius 2 is 1.79 bits per heavy atom. The van der Waals surface area contributed by atoms with Crippen molar-refractivity contribution in [1.82, 2.24) is 9.78 Å². The number of rotatable bonds is 7. The van der Waals surface area contributed by atoms with E-state index in [2.05, 4.69) is 5.10 Å². The molecule has 0 radical (unpaired) electrons. The maximum absolute atomic E-state index is 11.8. The second kappa shape index (κ2) is 8.63. The van der Waals surface area contributed by atoms with Gasteiger partial charge in [0.2, 0.25) is 5.88 Å². The van der Waals surface area contributed by atoms with E-state index in [0.29, 0.717) is 16.5 Å². The lowest BCUT2D eigenvalue weighted by Crippen LogP contribution is -2.13. The summed E-state index contributed by atoms with van der Waals surface area (Å²) in [5.41, 5.74) is 7.01. The van der Waals surface area contributed by atoms with Gasteiger partial charge in [-0.15, -0.1) is 0 Å². The van der Waals surface area contributed by atoms with Crippen molar-refractivity contribution >= 4 is 29.1 Å². The number of carbonyl (C=O) groups is 1. The first-order chi connectivity index (χ1) is 13.8. The summed E-state index contributed by atoms with van der Waals surface area (Å²) in [6.07, 6.45) is 0. The highest BCUT2D eigenvalue weighted by Crippen LogP contribution is 2.39. The Kier molecular flexibility index (Phi) is 6.20. The molecule has 1 aromatic heterocycles. The maximum Gasteiger partial charge on any atom is 0.256 e. The van der Waals surface area contributed by atoms with Crippen LogP contribution in [0.2, 0.25) is 10.0 Å². The summed E-state index contributed by atoms with van der Waals surface area (Å²) in [6, 6.07) is 10.5. The van der Waals surface area contributed by atoms with E-state index in [0.717, 1.165) is 11.3 Å². The number of aromatic nitrogens is 2. The molecular formula is C20H19Cl2N3O4. The van der Waals surface area contributed by atoms with Crippen LogP contribution in [0.4, 0.5) is 0 Å². The molecule has 0 spiro atoms. The molecule has 0 aliphatic carbocycles. The van der Waals surface area contributed by atoms with Crippen molar-refractivity contribution in [3.05, 3.63) is 63.3 Å². The summed E-state index contributed by atoms with van der Waals surface area (Å²) in [6.45, 7) is 1.95. The number of hydrogen-bond acceptors (Lipinski definition) is 5. The van der Waals surface area contributed by atoms with Gasteiger partial charge < -0.3 is 19.9 Å². The number of aryl methyl sites for hydroxylation is 2. The third-order valence-corrected chi connectivity index (χ3v) is 4.75. The van der Waals surface area contributed by atoms with E-state index in [9.17, 15) is 4.79 Å². The first-order valence-electron chi connectivity index (χ1n) is 8.56. The quantitative estimate of drug-likeness (QED) is 0.589. The number of primary amides is 1. The zero-order chi connectivity index (χ0) is 21.1. The van der Waals surface area contributed by atoms with Gasteiger partial charge in [0.15, 0.2) is 5.75 Å². The molecule has 0 aliphatic heterocycles. The largest absolute Gasteiger partial charge is 0.497 e. The van der Waals surface area contributed by atoms with E-state index in [-0.39, 0.29) is 28.8 Å².